The summed E-state index contributed by atoms with van der Waals surface area (Å²) < 4.78 is 16.8. The molecule has 1 amide bonds. The number of amides is 1. The van der Waals surface area contributed by atoms with Crippen molar-refractivity contribution >= 4 is 16.9 Å². The van der Waals surface area contributed by atoms with Crippen molar-refractivity contribution in [1.82, 2.24) is 4.90 Å². The van der Waals surface area contributed by atoms with E-state index in [0.29, 0.717) is 12.3 Å². The first-order valence-corrected chi connectivity index (χ1v) is 9.96. The number of rotatable bonds is 4. The van der Waals surface area contributed by atoms with Crippen molar-refractivity contribution in [3.8, 4) is 11.5 Å². The number of hydrogen-bond acceptors (Lipinski definition) is 4. The highest BCUT2D eigenvalue weighted by Gasteiger charge is 2.29. The molecule has 0 bridgehead atoms. The number of para-hydroxylation sites is 1. The van der Waals surface area contributed by atoms with Gasteiger partial charge in [0.05, 0.1) is 0 Å². The van der Waals surface area contributed by atoms with Crippen LogP contribution in [0.25, 0.3) is 11.0 Å². The second-order valence-corrected chi connectivity index (χ2v) is 7.56. The van der Waals surface area contributed by atoms with E-state index >= 15 is 0 Å². The Bertz CT molecular complexity index is 970. The third-order valence-corrected chi connectivity index (χ3v) is 5.70. The molecular weight excluding hydrogens is 354 g/mol. The molecule has 0 atom stereocenters. The molecule has 0 spiro atoms. The number of hydrogen-bond donors (Lipinski definition) is 0. The van der Waals surface area contributed by atoms with Gasteiger partial charge in [0.25, 0.3) is 5.91 Å². The Morgan fingerprint density at radius 3 is 2.64 bits per heavy atom. The van der Waals surface area contributed by atoms with E-state index in [-0.39, 0.29) is 18.7 Å². The lowest BCUT2D eigenvalue weighted by atomic mass is 9.93. The summed E-state index contributed by atoms with van der Waals surface area (Å²) >= 11 is 0. The van der Waals surface area contributed by atoms with Crippen molar-refractivity contribution in [3.05, 3.63) is 59.9 Å². The molecule has 5 heteroatoms. The van der Waals surface area contributed by atoms with Crippen molar-refractivity contribution in [2.24, 2.45) is 0 Å². The quantitative estimate of drug-likeness (QED) is 0.632. The van der Waals surface area contributed by atoms with Crippen LogP contribution in [0.15, 0.2) is 52.9 Å². The number of furan rings is 1. The first-order chi connectivity index (χ1) is 13.8. The largest absolute Gasteiger partial charge is 0.454 e. The van der Waals surface area contributed by atoms with E-state index in [2.05, 4.69) is 0 Å². The van der Waals surface area contributed by atoms with Crippen LogP contribution in [0.2, 0.25) is 0 Å². The molecule has 0 N–H and O–H groups in total. The zero-order chi connectivity index (χ0) is 18.9. The number of carbonyl (C=O) groups is 1. The standard InChI is InChI=1S/C23H23NO4/c25-23(22-13-17-6-4-5-9-19(17)28-22)24(18-7-2-1-3-8-18)14-16-10-11-20-21(12-16)27-15-26-20/h4-6,9-13,18H,1-3,7-8,14-15H2. The zero-order valence-electron chi connectivity index (χ0n) is 15.7. The van der Waals surface area contributed by atoms with Gasteiger partial charge in [0.1, 0.15) is 5.58 Å². The van der Waals surface area contributed by atoms with E-state index in [1.807, 2.05) is 53.4 Å². The predicted octanol–water partition coefficient (Wildman–Crippen LogP) is 5.14. The molecule has 1 saturated carbocycles. The molecule has 0 unspecified atom stereocenters. The molecular formula is C23H23NO4. The van der Waals surface area contributed by atoms with Crippen molar-refractivity contribution in [1.29, 1.82) is 0 Å². The SMILES string of the molecule is O=C(c1cc2ccccc2o1)N(Cc1ccc2c(c1)OCO2)C1CCCCC1. The fourth-order valence-electron chi connectivity index (χ4n) is 4.22. The predicted molar refractivity (Wildman–Crippen MR) is 106 cm³/mol. The fourth-order valence-corrected chi connectivity index (χ4v) is 4.22. The average Bonchev–Trinajstić information content (AvgIpc) is 3.38. The van der Waals surface area contributed by atoms with Gasteiger partial charge in [0.2, 0.25) is 6.79 Å². The van der Waals surface area contributed by atoms with Crippen LogP contribution in [0.1, 0.15) is 48.2 Å². The Balaban J connectivity index is 1.45. The Kier molecular flexibility index (Phi) is 4.43. The molecule has 5 nitrogen and oxygen atoms in total. The van der Waals surface area contributed by atoms with Crippen LogP contribution >= 0.6 is 0 Å². The average molecular weight is 377 g/mol. The van der Waals surface area contributed by atoms with Crippen molar-refractivity contribution in [2.45, 2.75) is 44.7 Å². The van der Waals surface area contributed by atoms with Crippen LogP contribution < -0.4 is 9.47 Å². The highest BCUT2D eigenvalue weighted by molar-refractivity contribution is 5.96. The fraction of sp³-hybridized carbons (Fsp3) is 0.348. The molecule has 1 aromatic heterocycles. The van der Waals surface area contributed by atoms with Gasteiger partial charge in [0, 0.05) is 18.0 Å². The molecule has 1 aliphatic carbocycles. The molecule has 3 aromatic rings. The minimum atomic E-state index is -0.0410. The maximum Gasteiger partial charge on any atom is 0.290 e. The Morgan fingerprint density at radius 2 is 1.79 bits per heavy atom. The number of fused-ring (bicyclic) bond motifs is 2. The Labute approximate surface area is 163 Å². The van der Waals surface area contributed by atoms with E-state index in [9.17, 15) is 4.79 Å². The van der Waals surface area contributed by atoms with Gasteiger partial charge in [0.15, 0.2) is 17.3 Å². The maximum absolute atomic E-state index is 13.4. The molecule has 28 heavy (non-hydrogen) atoms. The molecule has 1 aliphatic heterocycles. The molecule has 0 radical (unpaired) electrons. The van der Waals surface area contributed by atoms with Crippen LogP contribution in [0, 0.1) is 0 Å². The van der Waals surface area contributed by atoms with Gasteiger partial charge in [-0.05, 0) is 42.7 Å². The molecule has 2 heterocycles. The topological polar surface area (TPSA) is 51.9 Å². The molecule has 5 rings (SSSR count). The third kappa shape index (κ3) is 3.21. The summed E-state index contributed by atoms with van der Waals surface area (Å²) in [4.78, 5) is 15.4. The van der Waals surface area contributed by atoms with Gasteiger partial charge < -0.3 is 18.8 Å². The highest BCUT2D eigenvalue weighted by atomic mass is 16.7. The van der Waals surface area contributed by atoms with Crippen LogP contribution in [0.3, 0.4) is 0 Å². The number of carbonyl (C=O) groups excluding carboxylic acids is 1. The highest BCUT2D eigenvalue weighted by Crippen LogP contribution is 2.34. The van der Waals surface area contributed by atoms with Gasteiger partial charge in [-0.25, -0.2) is 0 Å². The Morgan fingerprint density at radius 1 is 0.964 bits per heavy atom. The summed E-state index contributed by atoms with van der Waals surface area (Å²) in [7, 11) is 0. The van der Waals surface area contributed by atoms with Crippen LogP contribution in [0.5, 0.6) is 11.5 Å². The molecule has 2 aliphatic rings. The van der Waals surface area contributed by atoms with Crippen LogP contribution in [-0.2, 0) is 6.54 Å². The van der Waals surface area contributed by atoms with Crippen molar-refractivity contribution in [3.63, 3.8) is 0 Å². The summed E-state index contributed by atoms with van der Waals surface area (Å²) in [6.07, 6.45) is 5.64. The zero-order valence-corrected chi connectivity index (χ0v) is 15.7. The van der Waals surface area contributed by atoms with Crippen molar-refractivity contribution in [2.75, 3.05) is 6.79 Å². The van der Waals surface area contributed by atoms with Crippen molar-refractivity contribution < 1.29 is 18.7 Å². The van der Waals surface area contributed by atoms with E-state index in [0.717, 1.165) is 53.7 Å². The molecule has 2 aromatic carbocycles. The van der Waals surface area contributed by atoms with E-state index in [1.54, 1.807) is 0 Å². The van der Waals surface area contributed by atoms with E-state index in [1.165, 1.54) is 6.42 Å². The van der Waals surface area contributed by atoms with Gasteiger partial charge in [-0.2, -0.15) is 0 Å². The summed E-state index contributed by atoms with van der Waals surface area (Å²) in [5.74, 6) is 1.88. The van der Waals surface area contributed by atoms with Gasteiger partial charge >= 0.3 is 0 Å². The monoisotopic (exact) mass is 377 g/mol. The number of ether oxygens (including phenoxy) is 2. The summed E-state index contributed by atoms with van der Waals surface area (Å²) in [6, 6.07) is 15.7. The first kappa shape index (κ1) is 17.2. The Hall–Kier alpha value is -2.95. The van der Waals surface area contributed by atoms with E-state index < -0.39 is 0 Å². The maximum atomic E-state index is 13.4. The normalized spacial score (nSPS) is 16.4. The minimum Gasteiger partial charge on any atom is -0.454 e. The molecule has 144 valence electrons. The van der Waals surface area contributed by atoms with E-state index in [4.69, 9.17) is 13.9 Å². The molecule has 1 fully saturated rings. The van der Waals surface area contributed by atoms with Crippen LogP contribution in [0.4, 0.5) is 0 Å². The number of benzene rings is 2. The number of nitrogens with zero attached hydrogens (tertiary/aromatic N) is 1. The van der Waals surface area contributed by atoms with Gasteiger partial charge in [-0.1, -0.05) is 43.5 Å². The lowest BCUT2D eigenvalue weighted by Crippen LogP contribution is -2.40. The van der Waals surface area contributed by atoms with Crippen LogP contribution in [-0.4, -0.2) is 23.6 Å². The molecule has 0 saturated heterocycles. The first-order valence-electron chi connectivity index (χ1n) is 9.96. The van der Waals surface area contributed by atoms with Gasteiger partial charge in [-0.3, -0.25) is 4.79 Å². The summed E-state index contributed by atoms with van der Waals surface area (Å²) in [5, 5.41) is 0.956. The second-order valence-electron chi connectivity index (χ2n) is 7.56. The second kappa shape index (κ2) is 7.23. The lowest BCUT2D eigenvalue weighted by molar-refractivity contribution is 0.0584. The third-order valence-electron chi connectivity index (χ3n) is 5.70. The summed E-state index contributed by atoms with van der Waals surface area (Å²) in [5.41, 5.74) is 1.79. The lowest BCUT2D eigenvalue weighted by Gasteiger charge is -2.34. The smallest absolute Gasteiger partial charge is 0.290 e. The minimum absolute atomic E-state index is 0.0410. The summed E-state index contributed by atoms with van der Waals surface area (Å²) in [6.45, 7) is 0.792. The van der Waals surface area contributed by atoms with Gasteiger partial charge in [-0.15, -0.1) is 0 Å².